The standard InChI is InChI=1S/C18H23NO2/c1-11-5-13(3)15(17(20)7-11)9-19-10-16-14(4)6-12(2)8-18(16)21/h5-8,19-21H,9-10H2,1-4H3. The third kappa shape index (κ3) is 3.56. The van der Waals surface area contributed by atoms with E-state index < -0.39 is 0 Å². The average molecular weight is 285 g/mol. The Morgan fingerprint density at radius 3 is 1.43 bits per heavy atom. The Labute approximate surface area is 126 Å². The maximum Gasteiger partial charge on any atom is 0.120 e. The fourth-order valence-corrected chi connectivity index (χ4v) is 2.72. The molecule has 0 atom stereocenters. The number of hydrogen-bond donors (Lipinski definition) is 3. The Bertz CT molecular complexity index is 559. The molecule has 0 aliphatic heterocycles. The molecule has 0 heterocycles. The molecule has 0 saturated carbocycles. The minimum atomic E-state index is 0.324. The van der Waals surface area contributed by atoms with E-state index in [1.807, 2.05) is 27.7 Å². The largest absolute Gasteiger partial charge is 0.508 e. The van der Waals surface area contributed by atoms with Crippen molar-refractivity contribution in [2.45, 2.75) is 40.8 Å². The molecule has 2 aromatic carbocycles. The van der Waals surface area contributed by atoms with Crippen LogP contribution in [-0.2, 0) is 13.1 Å². The summed E-state index contributed by atoms with van der Waals surface area (Å²) in [6.07, 6.45) is 0. The molecule has 2 aromatic rings. The van der Waals surface area contributed by atoms with Gasteiger partial charge in [0.2, 0.25) is 0 Å². The second kappa shape index (κ2) is 6.19. The number of hydrogen-bond acceptors (Lipinski definition) is 3. The highest BCUT2D eigenvalue weighted by Gasteiger charge is 2.08. The number of benzene rings is 2. The zero-order valence-electron chi connectivity index (χ0n) is 13.1. The lowest BCUT2D eigenvalue weighted by Crippen LogP contribution is -2.14. The summed E-state index contributed by atoms with van der Waals surface area (Å²) in [4.78, 5) is 0. The highest BCUT2D eigenvalue weighted by Crippen LogP contribution is 2.25. The number of aryl methyl sites for hydroxylation is 4. The molecule has 0 unspecified atom stereocenters. The fourth-order valence-electron chi connectivity index (χ4n) is 2.72. The zero-order chi connectivity index (χ0) is 15.6. The lowest BCUT2D eigenvalue weighted by molar-refractivity contribution is 0.457. The highest BCUT2D eigenvalue weighted by atomic mass is 16.3. The summed E-state index contributed by atoms with van der Waals surface area (Å²) in [5.41, 5.74) is 6.07. The summed E-state index contributed by atoms with van der Waals surface area (Å²) >= 11 is 0. The first-order valence-electron chi connectivity index (χ1n) is 7.17. The molecule has 0 saturated heterocycles. The van der Waals surface area contributed by atoms with Gasteiger partial charge < -0.3 is 15.5 Å². The summed E-state index contributed by atoms with van der Waals surface area (Å²) in [6.45, 7) is 9.08. The van der Waals surface area contributed by atoms with Gasteiger partial charge in [-0.3, -0.25) is 0 Å². The van der Waals surface area contributed by atoms with E-state index in [4.69, 9.17) is 0 Å². The molecule has 0 fully saturated rings. The van der Waals surface area contributed by atoms with E-state index in [2.05, 4.69) is 17.4 Å². The molecule has 0 aromatic heterocycles. The van der Waals surface area contributed by atoms with Crippen molar-refractivity contribution >= 4 is 0 Å². The normalized spacial score (nSPS) is 10.9. The van der Waals surface area contributed by atoms with Gasteiger partial charge in [-0.2, -0.15) is 0 Å². The van der Waals surface area contributed by atoms with Crippen molar-refractivity contribution in [2.24, 2.45) is 0 Å². The van der Waals surface area contributed by atoms with Gasteiger partial charge >= 0.3 is 0 Å². The second-order valence-corrected chi connectivity index (χ2v) is 5.76. The lowest BCUT2D eigenvalue weighted by atomic mass is 10.0. The van der Waals surface area contributed by atoms with Gasteiger partial charge in [-0.25, -0.2) is 0 Å². The summed E-state index contributed by atoms with van der Waals surface area (Å²) in [5.74, 6) is 0.648. The van der Waals surface area contributed by atoms with Crippen molar-refractivity contribution in [2.75, 3.05) is 0 Å². The van der Waals surface area contributed by atoms with Crippen LogP contribution in [0, 0.1) is 27.7 Å². The van der Waals surface area contributed by atoms with Gasteiger partial charge in [0.1, 0.15) is 11.5 Å². The van der Waals surface area contributed by atoms with Crippen LogP contribution in [0.5, 0.6) is 11.5 Å². The van der Waals surface area contributed by atoms with Gasteiger partial charge in [-0.1, -0.05) is 12.1 Å². The maximum absolute atomic E-state index is 10.0. The third-order valence-corrected chi connectivity index (χ3v) is 3.79. The summed E-state index contributed by atoms with van der Waals surface area (Å²) in [5, 5.41) is 23.4. The van der Waals surface area contributed by atoms with Crippen LogP contribution in [0.1, 0.15) is 33.4 Å². The molecule has 0 amide bonds. The summed E-state index contributed by atoms with van der Waals surface area (Å²) < 4.78 is 0. The second-order valence-electron chi connectivity index (χ2n) is 5.76. The van der Waals surface area contributed by atoms with E-state index in [1.165, 1.54) is 0 Å². The van der Waals surface area contributed by atoms with Crippen LogP contribution in [0.2, 0.25) is 0 Å². The fraction of sp³-hybridized carbons (Fsp3) is 0.333. The molecule has 0 spiro atoms. The number of rotatable bonds is 4. The predicted octanol–water partition coefficient (Wildman–Crippen LogP) is 3.62. The van der Waals surface area contributed by atoms with E-state index in [0.717, 1.165) is 33.4 Å². The van der Waals surface area contributed by atoms with Gasteiger partial charge in [-0.15, -0.1) is 0 Å². The number of nitrogens with one attached hydrogen (secondary N) is 1. The van der Waals surface area contributed by atoms with Gasteiger partial charge in [-0.05, 0) is 62.1 Å². The molecule has 0 aliphatic carbocycles. The zero-order valence-corrected chi connectivity index (χ0v) is 13.1. The topological polar surface area (TPSA) is 52.5 Å². The Balaban J connectivity index is 2.09. The van der Waals surface area contributed by atoms with E-state index in [1.54, 1.807) is 12.1 Å². The first kappa shape index (κ1) is 15.4. The molecule has 21 heavy (non-hydrogen) atoms. The van der Waals surface area contributed by atoms with Crippen molar-refractivity contribution in [3.8, 4) is 11.5 Å². The molecular formula is C18H23NO2. The van der Waals surface area contributed by atoms with Crippen LogP contribution in [0.4, 0.5) is 0 Å². The van der Waals surface area contributed by atoms with Gasteiger partial charge in [0.25, 0.3) is 0 Å². The van der Waals surface area contributed by atoms with Crippen LogP contribution in [0.3, 0.4) is 0 Å². The first-order chi connectivity index (χ1) is 9.88. The van der Waals surface area contributed by atoms with E-state index in [-0.39, 0.29) is 0 Å². The van der Waals surface area contributed by atoms with Crippen LogP contribution in [0.15, 0.2) is 24.3 Å². The van der Waals surface area contributed by atoms with Crippen LogP contribution in [0.25, 0.3) is 0 Å². The van der Waals surface area contributed by atoms with E-state index >= 15 is 0 Å². The molecule has 2 rings (SSSR count). The molecule has 3 N–H and O–H groups in total. The predicted molar refractivity (Wildman–Crippen MR) is 85.7 cm³/mol. The minimum Gasteiger partial charge on any atom is -0.508 e. The Hall–Kier alpha value is -2.00. The molecule has 3 nitrogen and oxygen atoms in total. The monoisotopic (exact) mass is 285 g/mol. The lowest BCUT2D eigenvalue weighted by Gasteiger charge is -2.13. The quantitative estimate of drug-likeness (QED) is 0.804. The summed E-state index contributed by atoms with van der Waals surface area (Å²) in [7, 11) is 0. The molecule has 3 heteroatoms. The van der Waals surface area contributed by atoms with Crippen molar-refractivity contribution in [1.29, 1.82) is 0 Å². The molecule has 0 radical (unpaired) electrons. The summed E-state index contributed by atoms with van der Waals surface area (Å²) in [6, 6.07) is 7.67. The average Bonchev–Trinajstić information content (AvgIpc) is 2.34. The van der Waals surface area contributed by atoms with Gasteiger partial charge in [0.05, 0.1) is 0 Å². The minimum absolute atomic E-state index is 0.324. The Kier molecular flexibility index (Phi) is 4.53. The van der Waals surface area contributed by atoms with Gasteiger partial charge in [0.15, 0.2) is 0 Å². The van der Waals surface area contributed by atoms with Crippen LogP contribution < -0.4 is 5.32 Å². The Morgan fingerprint density at radius 1 is 0.714 bits per heavy atom. The number of phenolic OH excluding ortho intramolecular Hbond substituents is 2. The van der Waals surface area contributed by atoms with Gasteiger partial charge in [0, 0.05) is 24.2 Å². The smallest absolute Gasteiger partial charge is 0.120 e. The molecule has 112 valence electrons. The van der Waals surface area contributed by atoms with Crippen molar-refractivity contribution in [1.82, 2.24) is 5.32 Å². The maximum atomic E-state index is 10.0. The molecule has 0 bridgehead atoms. The highest BCUT2D eigenvalue weighted by molar-refractivity contribution is 5.43. The molecule has 0 aliphatic rings. The van der Waals surface area contributed by atoms with Crippen molar-refractivity contribution < 1.29 is 10.2 Å². The number of phenols is 2. The SMILES string of the molecule is Cc1cc(C)c(CNCc2c(C)cc(C)cc2O)c(O)c1. The van der Waals surface area contributed by atoms with Crippen molar-refractivity contribution in [3.05, 3.63) is 57.6 Å². The van der Waals surface area contributed by atoms with E-state index in [9.17, 15) is 10.2 Å². The van der Waals surface area contributed by atoms with Crippen molar-refractivity contribution in [3.63, 3.8) is 0 Å². The number of aromatic hydroxyl groups is 2. The van der Waals surface area contributed by atoms with Crippen LogP contribution in [-0.4, -0.2) is 10.2 Å². The van der Waals surface area contributed by atoms with Crippen LogP contribution >= 0.6 is 0 Å². The third-order valence-electron chi connectivity index (χ3n) is 3.79. The first-order valence-corrected chi connectivity index (χ1v) is 7.17. The molecular weight excluding hydrogens is 262 g/mol. The Morgan fingerprint density at radius 2 is 1.10 bits per heavy atom. The van der Waals surface area contributed by atoms with E-state index in [0.29, 0.717) is 24.6 Å².